The molecule has 0 radical (unpaired) electrons. The minimum atomic E-state index is 0.519. The van der Waals surface area contributed by atoms with Gasteiger partial charge in [-0.25, -0.2) is 4.98 Å². The van der Waals surface area contributed by atoms with E-state index in [2.05, 4.69) is 27.0 Å². The lowest BCUT2D eigenvalue weighted by Gasteiger charge is -2.15. The molecule has 0 aliphatic heterocycles. The molecule has 1 aromatic rings. The van der Waals surface area contributed by atoms with E-state index in [1.54, 1.807) is 6.20 Å². The van der Waals surface area contributed by atoms with Crippen molar-refractivity contribution in [1.29, 1.82) is 5.26 Å². The van der Waals surface area contributed by atoms with E-state index in [0.29, 0.717) is 13.0 Å². The molecule has 0 aliphatic carbocycles. The van der Waals surface area contributed by atoms with Crippen LogP contribution in [-0.4, -0.2) is 18.6 Å². The van der Waals surface area contributed by atoms with Crippen molar-refractivity contribution in [3.63, 3.8) is 0 Å². The highest BCUT2D eigenvalue weighted by atomic mass is 79.9. The lowest BCUT2D eigenvalue weighted by molar-refractivity contribution is 0.884. The van der Waals surface area contributed by atoms with Crippen LogP contribution in [0.2, 0.25) is 0 Å². The molecule has 0 saturated carbocycles. The lowest BCUT2D eigenvalue weighted by atomic mass is 10.4. The van der Waals surface area contributed by atoms with E-state index in [0.717, 1.165) is 10.3 Å². The second kappa shape index (κ2) is 4.83. The predicted molar refractivity (Wildman–Crippen MR) is 55.4 cm³/mol. The molecule has 0 bridgehead atoms. The topological polar surface area (TPSA) is 39.9 Å². The number of hydrogen-bond donors (Lipinski definition) is 0. The van der Waals surface area contributed by atoms with Gasteiger partial charge in [0.1, 0.15) is 5.82 Å². The van der Waals surface area contributed by atoms with Gasteiger partial charge in [0.25, 0.3) is 0 Å². The maximum absolute atomic E-state index is 8.41. The molecule has 13 heavy (non-hydrogen) atoms. The van der Waals surface area contributed by atoms with Crippen LogP contribution in [0.15, 0.2) is 22.8 Å². The van der Waals surface area contributed by atoms with Crippen LogP contribution in [0.4, 0.5) is 5.82 Å². The first-order chi connectivity index (χ1) is 6.24. The fourth-order valence-electron chi connectivity index (χ4n) is 0.935. The van der Waals surface area contributed by atoms with E-state index in [4.69, 9.17) is 5.26 Å². The van der Waals surface area contributed by atoms with Crippen molar-refractivity contribution in [2.45, 2.75) is 6.42 Å². The van der Waals surface area contributed by atoms with E-state index in [-0.39, 0.29) is 0 Å². The number of aromatic nitrogens is 1. The van der Waals surface area contributed by atoms with Gasteiger partial charge < -0.3 is 4.90 Å². The zero-order valence-corrected chi connectivity index (χ0v) is 8.95. The third-order valence-corrected chi connectivity index (χ3v) is 2.15. The second-order valence-electron chi connectivity index (χ2n) is 2.66. The standard InChI is InChI=1S/C9H10BrN3/c1-13(6-2-4-11)9-7-8(10)3-5-12-9/h3,5,7H,2,6H2,1H3. The Morgan fingerprint density at radius 2 is 2.46 bits per heavy atom. The van der Waals surface area contributed by atoms with Crippen LogP contribution < -0.4 is 4.90 Å². The molecule has 0 unspecified atom stereocenters. The molecule has 1 aromatic heterocycles. The first kappa shape index (κ1) is 10.0. The largest absolute Gasteiger partial charge is 0.359 e. The van der Waals surface area contributed by atoms with E-state index < -0.39 is 0 Å². The summed E-state index contributed by atoms with van der Waals surface area (Å²) in [6.45, 7) is 0.708. The van der Waals surface area contributed by atoms with Gasteiger partial charge in [0.05, 0.1) is 12.5 Å². The summed E-state index contributed by atoms with van der Waals surface area (Å²) in [7, 11) is 1.92. The Labute approximate surface area is 86.1 Å². The Morgan fingerprint density at radius 3 is 3.08 bits per heavy atom. The number of halogens is 1. The van der Waals surface area contributed by atoms with E-state index in [1.165, 1.54) is 0 Å². The highest BCUT2D eigenvalue weighted by Gasteiger charge is 2.01. The zero-order valence-electron chi connectivity index (χ0n) is 7.37. The molecule has 4 heteroatoms. The molecule has 0 aliphatic rings. The van der Waals surface area contributed by atoms with E-state index in [9.17, 15) is 0 Å². The molecule has 0 aromatic carbocycles. The number of pyridine rings is 1. The highest BCUT2D eigenvalue weighted by Crippen LogP contribution is 2.15. The van der Waals surface area contributed by atoms with Crippen molar-refractivity contribution in [3.8, 4) is 6.07 Å². The van der Waals surface area contributed by atoms with Gasteiger partial charge in [-0.3, -0.25) is 0 Å². The first-order valence-corrected chi connectivity index (χ1v) is 4.73. The molecule has 0 atom stereocenters. The van der Waals surface area contributed by atoms with Gasteiger partial charge in [0.15, 0.2) is 0 Å². The quantitative estimate of drug-likeness (QED) is 0.812. The summed E-state index contributed by atoms with van der Waals surface area (Å²) in [6, 6.07) is 5.91. The van der Waals surface area contributed by atoms with Crippen molar-refractivity contribution in [3.05, 3.63) is 22.8 Å². The van der Waals surface area contributed by atoms with Gasteiger partial charge in [-0.15, -0.1) is 0 Å². The molecule has 1 rings (SSSR count). The summed E-state index contributed by atoms with van der Waals surface area (Å²) in [5.41, 5.74) is 0. The average Bonchev–Trinajstić information content (AvgIpc) is 2.14. The summed E-state index contributed by atoms with van der Waals surface area (Å²) in [5, 5.41) is 8.41. The summed E-state index contributed by atoms with van der Waals surface area (Å²) >= 11 is 3.37. The normalized spacial score (nSPS) is 9.31. The second-order valence-corrected chi connectivity index (χ2v) is 3.58. The Morgan fingerprint density at radius 1 is 1.69 bits per heavy atom. The summed E-state index contributed by atoms with van der Waals surface area (Å²) in [5.74, 6) is 0.879. The summed E-state index contributed by atoms with van der Waals surface area (Å²) in [6.07, 6.45) is 2.26. The molecular formula is C9H10BrN3. The van der Waals surface area contributed by atoms with Crippen molar-refractivity contribution in [1.82, 2.24) is 4.98 Å². The average molecular weight is 240 g/mol. The van der Waals surface area contributed by atoms with Gasteiger partial charge in [-0.1, -0.05) is 15.9 Å². The molecule has 3 nitrogen and oxygen atoms in total. The number of nitrogens with zero attached hydrogens (tertiary/aromatic N) is 3. The summed E-state index contributed by atoms with van der Waals surface area (Å²) in [4.78, 5) is 6.13. The van der Waals surface area contributed by atoms with Gasteiger partial charge in [-0.05, 0) is 12.1 Å². The molecule has 0 fully saturated rings. The van der Waals surface area contributed by atoms with Crippen LogP contribution in [0.3, 0.4) is 0 Å². The minimum Gasteiger partial charge on any atom is -0.359 e. The number of nitriles is 1. The van der Waals surface area contributed by atoms with Crippen LogP contribution in [-0.2, 0) is 0 Å². The SMILES string of the molecule is CN(CCC#N)c1cc(Br)ccn1. The fraction of sp³-hybridized carbons (Fsp3) is 0.333. The molecule has 0 spiro atoms. The van der Waals surface area contributed by atoms with E-state index >= 15 is 0 Å². The minimum absolute atomic E-state index is 0.519. The van der Waals surface area contributed by atoms with E-state index in [1.807, 2.05) is 24.1 Å². The number of rotatable bonds is 3. The smallest absolute Gasteiger partial charge is 0.129 e. The molecule has 0 amide bonds. The maximum Gasteiger partial charge on any atom is 0.129 e. The van der Waals surface area contributed by atoms with Crippen LogP contribution in [0, 0.1) is 11.3 Å². The fourth-order valence-corrected chi connectivity index (χ4v) is 1.26. The molecule has 1 heterocycles. The van der Waals surface area contributed by atoms with Crippen molar-refractivity contribution in [2.24, 2.45) is 0 Å². The molecule has 0 saturated heterocycles. The lowest BCUT2D eigenvalue weighted by Crippen LogP contribution is -2.19. The van der Waals surface area contributed by atoms with Crippen LogP contribution in [0.5, 0.6) is 0 Å². The van der Waals surface area contributed by atoms with Crippen LogP contribution in [0.25, 0.3) is 0 Å². The molecular weight excluding hydrogens is 230 g/mol. The number of hydrogen-bond acceptors (Lipinski definition) is 3. The van der Waals surface area contributed by atoms with Crippen molar-refractivity contribution in [2.75, 3.05) is 18.5 Å². The third-order valence-electron chi connectivity index (χ3n) is 1.66. The third kappa shape index (κ3) is 3.03. The van der Waals surface area contributed by atoms with Crippen molar-refractivity contribution >= 4 is 21.7 Å². The van der Waals surface area contributed by atoms with Gasteiger partial charge in [0, 0.05) is 24.3 Å². The zero-order chi connectivity index (χ0) is 9.68. The Hall–Kier alpha value is -1.08. The molecule has 0 N–H and O–H groups in total. The van der Waals surface area contributed by atoms with Crippen LogP contribution >= 0.6 is 15.9 Å². The first-order valence-electron chi connectivity index (χ1n) is 3.93. The van der Waals surface area contributed by atoms with Gasteiger partial charge in [0.2, 0.25) is 0 Å². The van der Waals surface area contributed by atoms with Gasteiger partial charge in [-0.2, -0.15) is 5.26 Å². The Balaban J connectivity index is 2.66. The monoisotopic (exact) mass is 239 g/mol. The number of anilines is 1. The molecule has 68 valence electrons. The maximum atomic E-state index is 8.41. The predicted octanol–water partition coefficient (Wildman–Crippen LogP) is 2.19. The van der Waals surface area contributed by atoms with Crippen LogP contribution in [0.1, 0.15) is 6.42 Å². The van der Waals surface area contributed by atoms with Crippen molar-refractivity contribution < 1.29 is 0 Å². The van der Waals surface area contributed by atoms with Gasteiger partial charge >= 0.3 is 0 Å². The summed E-state index contributed by atoms with van der Waals surface area (Å²) < 4.78 is 1.00. The Bertz CT molecular complexity index is 319. The Kier molecular flexibility index (Phi) is 3.71. The highest BCUT2D eigenvalue weighted by molar-refractivity contribution is 9.10.